The van der Waals surface area contributed by atoms with E-state index in [1.165, 1.54) is 4.90 Å². The Labute approximate surface area is 173 Å². The predicted octanol–water partition coefficient (Wildman–Crippen LogP) is 3.64. The van der Waals surface area contributed by atoms with Gasteiger partial charge in [0.2, 0.25) is 5.91 Å². The van der Waals surface area contributed by atoms with Crippen molar-refractivity contribution >= 4 is 39.3 Å². The van der Waals surface area contributed by atoms with Gasteiger partial charge in [-0.3, -0.25) is 14.4 Å². The molecule has 0 spiro atoms. The SMILES string of the molecule is CCN(CC)C(=O)CN(C)C(=O)c1ccccc1NC(=O)c1ccccc1Br. The van der Waals surface area contributed by atoms with Crippen molar-refractivity contribution in [3.8, 4) is 0 Å². The summed E-state index contributed by atoms with van der Waals surface area (Å²) < 4.78 is 0.665. The first-order valence-electron chi connectivity index (χ1n) is 9.07. The number of rotatable bonds is 7. The Kier molecular flexibility index (Phi) is 7.75. The number of likely N-dealkylation sites (N-methyl/N-ethyl adjacent to an activating group) is 2. The van der Waals surface area contributed by atoms with Gasteiger partial charge in [0.05, 0.1) is 23.4 Å². The van der Waals surface area contributed by atoms with E-state index in [1.807, 2.05) is 19.9 Å². The molecule has 6 nitrogen and oxygen atoms in total. The van der Waals surface area contributed by atoms with Crippen LogP contribution in [0.3, 0.4) is 0 Å². The normalized spacial score (nSPS) is 10.3. The zero-order chi connectivity index (χ0) is 20.7. The second-order valence-corrected chi connectivity index (χ2v) is 7.06. The summed E-state index contributed by atoms with van der Waals surface area (Å²) in [5, 5.41) is 2.79. The standard InChI is InChI=1S/C21H24BrN3O3/c1-4-25(5-2)19(26)14-24(3)21(28)16-11-7-9-13-18(16)23-20(27)15-10-6-8-12-17(15)22/h6-13H,4-5,14H2,1-3H3,(H,23,27). The summed E-state index contributed by atoms with van der Waals surface area (Å²) in [7, 11) is 1.58. The van der Waals surface area contributed by atoms with Gasteiger partial charge in [0, 0.05) is 24.6 Å². The van der Waals surface area contributed by atoms with Gasteiger partial charge in [-0.05, 0) is 54.0 Å². The lowest BCUT2D eigenvalue weighted by Gasteiger charge is -2.24. The minimum atomic E-state index is -0.330. The van der Waals surface area contributed by atoms with Crippen LogP contribution in [0.4, 0.5) is 5.69 Å². The Hall–Kier alpha value is -2.67. The number of halogens is 1. The monoisotopic (exact) mass is 445 g/mol. The predicted molar refractivity (Wildman–Crippen MR) is 113 cm³/mol. The third kappa shape index (κ3) is 5.19. The summed E-state index contributed by atoms with van der Waals surface area (Å²) >= 11 is 3.36. The van der Waals surface area contributed by atoms with Crippen LogP contribution in [0.2, 0.25) is 0 Å². The van der Waals surface area contributed by atoms with Crippen LogP contribution >= 0.6 is 15.9 Å². The van der Waals surface area contributed by atoms with Gasteiger partial charge >= 0.3 is 0 Å². The molecule has 148 valence electrons. The number of carbonyl (C=O) groups excluding carboxylic acids is 3. The van der Waals surface area contributed by atoms with Crippen LogP contribution in [0, 0.1) is 0 Å². The van der Waals surface area contributed by atoms with Gasteiger partial charge < -0.3 is 15.1 Å². The van der Waals surface area contributed by atoms with E-state index in [9.17, 15) is 14.4 Å². The van der Waals surface area contributed by atoms with Gasteiger partial charge in [-0.15, -0.1) is 0 Å². The molecule has 0 aliphatic rings. The minimum absolute atomic E-state index is 0.0208. The zero-order valence-corrected chi connectivity index (χ0v) is 17.8. The van der Waals surface area contributed by atoms with Crippen molar-refractivity contribution in [2.45, 2.75) is 13.8 Å². The fourth-order valence-electron chi connectivity index (χ4n) is 2.77. The highest BCUT2D eigenvalue weighted by Gasteiger charge is 2.21. The average Bonchev–Trinajstić information content (AvgIpc) is 2.69. The molecule has 0 atom stereocenters. The molecular formula is C21H24BrN3O3. The summed E-state index contributed by atoms with van der Waals surface area (Å²) in [6.45, 7) is 4.96. The van der Waals surface area contributed by atoms with E-state index in [-0.39, 0.29) is 24.3 Å². The number of amides is 3. The molecule has 1 N–H and O–H groups in total. The highest BCUT2D eigenvalue weighted by molar-refractivity contribution is 9.10. The molecule has 0 aliphatic carbocycles. The Bertz CT molecular complexity index is 865. The maximum Gasteiger partial charge on any atom is 0.256 e. The molecule has 7 heteroatoms. The molecule has 0 aliphatic heterocycles. The summed E-state index contributed by atoms with van der Waals surface area (Å²) in [6.07, 6.45) is 0. The number of nitrogens with zero attached hydrogens (tertiary/aromatic N) is 2. The third-order valence-corrected chi connectivity index (χ3v) is 5.05. The molecule has 2 rings (SSSR count). The minimum Gasteiger partial charge on any atom is -0.342 e. The van der Waals surface area contributed by atoms with E-state index in [1.54, 1.807) is 54.4 Å². The molecule has 3 amide bonds. The largest absolute Gasteiger partial charge is 0.342 e. The molecule has 0 heterocycles. The van der Waals surface area contributed by atoms with Crippen LogP contribution in [-0.2, 0) is 4.79 Å². The fraction of sp³-hybridized carbons (Fsp3) is 0.286. The van der Waals surface area contributed by atoms with E-state index in [0.717, 1.165) is 0 Å². The quantitative estimate of drug-likeness (QED) is 0.706. The van der Waals surface area contributed by atoms with E-state index in [2.05, 4.69) is 21.2 Å². The molecule has 0 aromatic heterocycles. The average molecular weight is 446 g/mol. The Balaban J connectivity index is 2.18. The van der Waals surface area contributed by atoms with E-state index in [0.29, 0.717) is 34.4 Å². The Morgan fingerprint density at radius 2 is 1.50 bits per heavy atom. The fourth-order valence-corrected chi connectivity index (χ4v) is 3.24. The molecular weight excluding hydrogens is 422 g/mol. The number of nitrogens with one attached hydrogen (secondary N) is 1. The Morgan fingerprint density at radius 3 is 2.11 bits per heavy atom. The summed E-state index contributed by atoms with van der Waals surface area (Å²) in [5.74, 6) is -0.770. The number of hydrogen-bond acceptors (Lipinski definition) is 3. The lowest BCUT2D eigenvalue weighted by molar-refractivity contribution is -0.131. The van der Waals surface area contributed by atoms with Crippen LogP contribution in [-0.4, -0.2) is 54.2 Å². The molecule has 0 fully saturated rings. The van der Waals surface area contributed by atoms with Crippen molar-refractivity contribution in [2.24, 2.45) is 0 Å². The van der Waals surface area contributed by atoms with Gasteiger partial charge in [0.1, 0.15) is 0 Å². The molecule has 28 heavy (non-hydrogen) atoms. The van der Waals surface area contributed by atoms with E-state index >= 15 is 0 Å². The molecule has 2 aromatic carbocycles. The second kappa shape index (κ2) is 10.0. The van der Waals surface area contributed by atoms with E-state index in [4.69, 9.17) is 0 Å². The van der Waals surface area contributed by atoms with Gasteiger partial charge in [-0.2, -0.15) is 0 Å². The highest BCUT2D eigenvalue weighted by Crippen LogP contribution is 2.21. The molecule has 2 aromatic rings. The molecule has 0 saturated carbocycles. The van der Waals surface area contributed by atoms with Gasteiger partial charge in [0.25, 0.3) is 11.8 Å². The second-order valence-electron chi connectivity index (χ2n) is 6.21. The lowest BCUT2D eigenvalue weighted by Crippen LogP contribution is -2.41. The number of para-hydroxylation sites is 1. The Morgan fingerprint density at radius 1 is 0.929 bits per heavy atom. The van der Waals surface area contributed by atoms with Crippen molar-refractivity contribution in [3.63, 3.8) is 0 Å². The molecule has 0 radical (unpaired) electrons. The third-order valence-electron chi connectivity index (χ3n) is 4.36. The van der Waals surface area contributed by atoms with Crippen molar-refractivity contribution in [1.82, 2.24) is 9.80 Å². The maximum atomic E-state index is 12.9. The first-order chi connectivity index (χ1) is 13.4. The number of benzene rings is 2. The molecule has 0 unspecified atom stereocenters. The van der Waals surface area contributed by atoms with Crippen LogP contribution < -0.4 is 5.32 Å². The summed E-state index contributed by atoms with van der Waals surface area (Å²) in [4.78, 5) is 40.8. The van der Waals surface area contributed by atoms with Crippen molar-refractivity contribution in [2.75, 3.05) is 32.0 Å². The van der Waals surface area contributed by atoms with Crippen LogP contribution in [0.25, 0.3) is 0 Å². The van der Waals surface area contributed by atoms with Crippen molar-refractivity contribution in [1.29, 1.82) is 0 Å². The van der Waals surface area contributed by atoms with Gasteiger partial charge in [-0.1, -0.05) is 24.3 Å². The maximum absolute atomic E-state index is 12.9. The topological polar surface area (TPSA) is 69.7 Å². The van der Waals surface area contributed by atoms with Gasteiger partial charge in [-0.25, -0.2) is 0 Å². The summed E-state index contributed by atoms with van der Waals surface area (Å²) in [6, 6.07) is 13.8. The van der Waals surface area contributed by atoms with Crippen LogP contribution in [0.5, 0.6) is 0 Å². The van der Waals surface area contributed by atoms with Gasteiger partial charge in [0.15, 0.2) is 0 Å². The summed E-state index contributed by atoms with van der Waals surface area (Å²) in [5.41, 5.74) is 1.20. The molecule has 0 saturated heterocycles. The number of hydrogen-bond donors (Lipinski definition) is 1. The first-order valence-corrected chi connectivity index (χ1v) is 9.86. The smallest absolute Gasteiger partial charge is 0.256 e. The van der Waals surface area contributed by atoms with Crippen LogP contribution in [0.1, 0.15) is 34.6 Å². The number of carbonyl (C=O) groups is 3. The lowest BCUT2D eigenvalue weighted by atomic mass is 10.1. The van der Waals surface area contributed by atoms with E-state index < -0.39 is 0 Å². The molecule has 0 bridgehead atoms. The highest BCUT2D eigenvalue weighted by atomic mass is 79.9. The van der Waals surface area contributed by atoms with Crippen molar-refractivity contribution in [3.05, 3.63) is 64.1 Å². The van der Waals surface area contributed by atoms with Crippen molar-refractivity contribution < 1.29 is 14.4 Å². The zero-order valence-electron chi connectivity index (χ0n) is 16.2. The van der Waals surface area contributed by atoms with Crippen LogP contribution in [0.15, 0.2) is 53.0 Å². The number of anilines is 1. The first kappa shape index (κ1) is 21.6.